The Balaban J connectivity index is -0.000000394. The van der Waals surface area contributed by atoms with Crippen molar-refractivity contribution in [2.45, 2.75) is 322 Å². The molecule has 1 heteroatoms. The number of hydrogen-bond donors (Lipinski definition) is 0. The van der Waals surface area contributed by atoms with Gasteiger partial charge in [-0.15, -0.1) is 0 Å². The van der Waals surface area contributed by atoms with E-state index in [1.165, 1.54) is 164 Å². The second kappa shape index (κ2) is 67.8. The summed E-state index contributed by atoms with van der Waals surface area (Å²) in [5.41, 5.74) is 32.3. The first-order valence-corrected chi connectivity index (χ1v) is 44.1. The molecule has 0 heterocycles. The number of benzene rings is 11. The third-order valence-corrected chi connectivity index (χ3v) is 19.0. The third kappa shape index (κ3) is 46.7. The van der Waals surface area contributed by atoms with Gasteiger partial charge in [0.15, 0.2) is 0 Å². The second-order valence-electron chi connectivity index (χ2n) is 28.8. The first-order chi connectivity index (χ1) is 54.3. The van der Waals surface area contributed by atoms with Crippen LogP contribution >= 0.6 is 0 Å². The fourth-order valence-corrected chi connectivity index (χ4v) is 10.7. The highest BCUT2D eigenvalue weighted by atomic mass is 16.5. The minimum atomic E-state index is 0.0617. The maximum atomic E-state index is 5.77. The van der Waals surface area contributed by atoms with Gasteiger partial charge in [0.25, 0.3) is 0 Å². The minimum absolute atomic E-state index is 0.0617. The molecule has 0 radical (unpaired) electrons. The molecule has 1 nitrogen and oxygen atoms in total. The molecule has 0 aromatic heterocycles. The van der Waals surface area contributed by atoms with E-state index in [1.54, 1.807) is 0 Å². The van der Waals surface area contributed by atoms with Crippen molar-refractivity contribution in [2.24, 2.45) is 11.8 Å². The Labute approximate surface area is 708 Å². The van der Waals surface area contributed by atoms with Crippen LogP contribution in [0.15, 0.2) is 218 Å². The molecular formula is C113H172O. The molecule has 0 fully saturated rings. The predicted octanol–water partition coefficient (Wildman–Crippen LogP) is 36.9. The standard InChI is InChI=1S/C18H22.C16H18.C15H16O.C15H16.C13H14.C9H12.C6H14.C5H12.8C2H6/c1-13-6-9-16(10-7-13)18(4,5)17-11-8-14(2)15(3)12-17;1-12-4-7-15(8-5-12)11-16-9-6-13(2)14(3)10-16;1-11-4-7-14(8-5-11)16-15-9-6-12(2)13(3)10-15;1-11-4-7-14(8-5-11)15-9-6-12(2)13(3)10-15;1-9-7-8-11(3)13-10(2)5-4-6-12(9)13;1-7-4-8(2)6-9(3)5-7;1-4-6(3)5-2;1-4-5(2)3;8*1-2/h6-12H,1-5H3;4-10H,11H2,1-3H3;4-10H,1-3H3;4-10H,1-3H3;4-8H,1-3H3;4-6H,1-3H3;6H,4-5H2,1-3H3;5H,4H2,1-3H3;8*1-2H3. The lowest BCUT2D eigenvalue weighted by Crippen LogP contribution is -2.19. The largest absolute Gasteiger partial charge is 0.457 e. The maximum Gasteiger partial charge on any atom is 0.127 e. The lowest BCUT2D eigenvalue weighted by atomic mass is 9.77. The average molecular weight is 1550 g/mol. The summed E-state index contributed by atoms with van der Waals surface area (Å²) in [5.74, 6) is 3.60. The Hall–Kier alpha value is -8.52. The van der Waals surface area contributed by atoms with E-state index in [0.717, 1.165) is 29.8 Å². The minimum Gasteiger partial charge on any atom is -0.457 e. The zero-order valence-corrected chi connectivity index (χ0v) is 81.7. The van der Waals surface area contributed by atoms with Gasteiger partial charge in [0.2, 0.25) is 0 Å². The molecule has 11 rings (SSSR count). The van der Waals surface area contributed by atoms with E-state index in [2.05, 4.69) is 380 Å². The summed E-state index contributed by atoms with van der Waals surface area (Å²) in [4.78, 5) is 0. The van der Waals surface area contributed by atoms with Crippen molar-refractivity contribution in [3.8, 4) is 22.6 Å². The van der Waals surface area contributed by atoms with Gasteiger partial charge in [-0.25, -0.2) is 0 Å². The van der Waals surface area contributed by atoms with E-state index in [9.17, 15) is 0 Å². The third-order valence-electron chi connectivity index (χ3n) is 19.0. The Kier molecular flexibility index (Phi) is 67.8. The normalized spacial score (nSPS) is 9.44. The SMILES string of the molecule is CC.CC.CC.CC.CC.CC.CC.CC.CCC(C)C.CCC(C)CC.Cc1cc(C)cc(C)c1.Cc1ccc(-c2ccc(C)c(C)c2)cc1.Cc1ccc(C(C)(C)c2ccc(C)c(C)c2)cc1.Cc1ccc(C)c2c(C)cccc12.Cc1ccc(Cc2ccc(C)c(C)c2)cc1.Cc1ccc(Oc2ccc(C)c(C)c2)cc1. The van der Waals surface area contributed by atoms with Crippen LogP contribution in [0.2, 0.25) is 0 Å². The Morgan fingerprint density at radius 1 is 0.254 bits per heavy atom. The molecule has 11 aromatic rings. The quantitative estimate of drug-likeness (QED) is 0.133. The molecule has 0 bridgehead atoms. The van der Waals surface area contributed by atoms with Crippen LogP contribution in [0.4, 0.5) is 0 Å². The van der Waals surface area contributed by atoms with Gasteiger partial charge in [0.05, 0.1) is 0 Å². The lowest BCUT2D eigenvalue weighted by Gasteiger charge is -2.27. The highest BCUT2D eigenvalue weighted by Gasteiger charge is 2.23. The van der Waals surface area contributed by atoms with Crippen LogP contribution in [0.5, 0.6) is 11.5 Å². The maximum absolute atomic E-state index is 5.77. The molecule has 0 N–H and O–H groups in total. The van der Waals surface area contributed by atoms with Crippen LogP contribution in [0.1, 0.15) is 308 Å². The second-order valence-corrected chi connectivity index (χ2v) is 28.8. The number of rotatable bonds is 10. The molecule has 0 atom stereocenters. The zero-order valence-electron chi connectivity index (χ0n) is 81.7. The van der Waals surface area contributed by atoms with Crippen LogP contribution < -0.4 is 4.74 Å². The zero-order chi connectivity index (χ0) is 88.8. The molecule has 0 spiro atoms. The van der Waals surface area contributed by atoms with E-state index >= 15 is 0 Å². The Morgan fingerprint density at radius 3 is 0.956 bits per heavy atom. The van der Waals surface area contributed by atoms with Crippen LogP contribution in [-0.2, 0) is 11.8 Å². The topological polar surface area (TPSA) is 9.23 Å². The van der Waals surface area contributed by atoms with Gasteiger partial charge in [-0.3, -0.25) is 0 Å². The molecule has 0 saturated carbocycles. The highest BCUT2D eigenvalue weighted by Crippen LogP contribution is 2.33. The molecule has 0 aliphatic carbocycles. The number of aryl methyl sites for hydroxylation is 18. The molecule has 0 aliphatic heterocycles. The van der Waals surface area contributed by atoms with E-state index in [1.807, 2.05) is 129 Å². The van der Waals surface area contributed by atoms with E-state index in [0.29, 0.717) is 0 Å². The first kappa shape index (κ1) is 114. The summed E-state index contributed by atoms with van der Waals surface area (Å²) in [7, 11) is 0. The summed E-state index contributed by atoms with van der Waals surface area (Å²) in [5, 5.41) is 2.81. The van der Waals surface area contributed by atoms with Crippen LogP contribution in [0.25, 0.3) is 21.9 Å². The molecule has 0 saturated heterocycles. The number of fused-ring (bicyclic) bond motifs is 1. The van der Waals surface area contributed by atoms with E-state index in [4.69, 9.17) is 4.74 Å². The van der Waals surface area contributed by atoms with Gasteiger partial charge >= 0.3 is 0 Å². The summed E-state index contributed by atoms with van der Waals surface area (Å²) in [6.45, 7) is 88.5. The number of hydrogen-bond acceptors (Lipinski definition) is 1. The van der Waals surface area contributed by atoms with Gasteiger partial charge in [-0.1, -0.05) is 419 Å². The summed E-state index contributed by atoms with van der Waals surface area (Å²) in [6, 6.07) is 78.1. The summed E-state index contributed by atoms with van der Waals surface area (Å²) >= 11 is 0. The van der Waals surface area contributed by atoms with Gasteiger partial charge in [-0.05, 0) is 273 Å². The van der Waals surface area contributed by atoms with Crippen molar-refractivity contribution in [1.29, 1.82) is 0 Å². The smallest absolute Gasteiger partial charge is 0.127 e. The van der Waals surface area contributed by atoms with Crippen LogP contribution in [0, 0.1) is 136 Å². The lowest BCUT2D eigenvalue weighted by molar-refractivity contribution is 0.482. The fraction of sp³-hybridized carbons (Fsp3) is 0.434. The number of ether oxygens (including phenoxy) is 1. The van der Waals surface area contributed by atoms with Crippen molar-refractivity contribution in [1.82, 2.24) is 0 Å². The molecule has 11 aromatic carbocycles. The van der Waals surface area contributed by atoms with Crippen molar-refractivity contribution in [3.63, 3.8) is 0 Å². The Morgan fingerprint density at radius 2 is 0.570 bits per heavy atom. The average Bonchev–Trinajstić information content (AvgIpc) is 0.805. The molecular weight excluding hydrogens is 1370 g/mol. The van der Waals surface area contributed by atoms with Crippen molar-refractivity contribution >= 4 is 10.8 Å². The molecule has 630 valence electrons. The highest BCUT2D eigenvalue weighted by molar-refractivity contribution is 5.91. The van der Waals surface area contributed by atoms with Crippen molar-refractivity contribution < 1.29 is 4.74 Å². The first-order valence-electron chi connectivity index (χ1n) is 44.1. The van der Waals surface area contributed by atoms with Gasteiger partial charge < -0.3 is 4.74 Å². The van der Waals surface area contributed by atoms with Gasteiger partial charge in [0.1, 0.15) is 11.5 Å². The summed E-state index contributed by atoms with van der Waals surface area (Å²) in [6.07, 6.45) is 4.99. The molecule has 0 aliphatic rings. The Bertz CT molecular complexity index is 3990. The predicted molar refractivity (Wildman–Crippen MR) is 527 cm³/mol. The van der Waals surface area contributed by atoms with E-state index < -0.39 is 0 Å². The van der Waals surface area contributed by atoms with E-state index in [-0.39, 0.29) is 5.41 Å². The van der Waals surface area contributed by atoms with Crippen molar-refractivity contribution in [3.05, 3.63) is 341 Å². The van der Waals surface area contributed by atoms with Crippen LogP contribution in [-0.4, -0.2) is 0 Å². The molecule has 0 unspecified atom stereocenters. The summed E-state index contributed by atoms with van der Waals surface area (Å²) < 4.78 is 5.77. The van der Waals surface area contributed by atoms with Gasteiger partial charge in [-0.2, -0.15) is 0 Å². The van der Waals surface area contributed by atoms with Crippen molar-refractivity contribution in [2.75, 3.05) is 0 Å². The monoisotopic (exact) mass is 1550 g/mol. The molecule has 114 heavy (non-hydrogen) atoms. The fourth-order valence-electron chi connectivity index (χ4n) is 10.7. The van der Waals surface area contributed by atoms with Gasteiger partial charge in [0, 0.05) is 5.41 Å². The molecule has 0 amide bonds. The van der Waals surface area contributed by atoms with Crippen LogP contribution in [0.3, 0.4) is 0 Å².